The summed E-state index contributed by atoms with van der Waals surface area (Å²) in [5.41, 5.74) is 9.19. The van der Waals surface area contributed by atoms with Crippen LogP contribution < -0.4 is 15.2 Å². The number of nitrogens with one attached hydrogen (secondary N) is 1. The van der Waals surface area contributed by atoms with Crippen LogP contribution >= 0.6 is 0 Å². The lowest BCUT2D eigenvalue weighted by Crippen LogP contribution is -2.16. The Morgan fingerprint density at radius 3 is 2.47 bits per heavy atom. The number of hydrogen-bond acceptors (Lipinski definition) is 4. The lowest BCUT2D eigenvalue weighted by atomic mass is 9.98. The second kappa shape index (κ2) is 5.32. The molecule has 0 aliphatic heterocycles. The molecular formula is C14H19N3O2. The fourth-order valence-electron chi connectivity index (χ4n) is 2.20. The topological polar surface area (TPSA) is 73.2 Å². The predicted molar refractivity (Wildman–Crippen MR) is 73.6 cm³/mol. The molecule has 0 saturated heterocycles. The monoisotopic (exact) mass is 261 g/mol. The molecule has 3 N–H and O–H groups in total. The molecule has 1 atom stereocenters. The zero-order valence-corrected chi connectivity index (χ0v) is 11.7. The number of aromatic amines is 1. The Labute approximate surface area is 112 Å². The molecule has 5 heteroatoms. The number of imidazole rings is 1. The molecule has 2 aromatic rings. The number of ether oxygens (including phenoxy) is 2. The summed E-state index contributed by atoms with van der Waals surface area (Å²) in [5.74, 6) is 2.28. The summed E-state index contributed by atoms with van der Waals surface area (Å²) in [4.78, 5) is 7.22. The fraction of sp³-hybridized carbons (Fsp3) is 0.357. The van der Waals surface area contributed by atoms with E-state index in [1.807, 2.05) is 19.9 Å². The number of H-pyrrole nitrogens is 1. The lowest BCUT2D eigenvalue weighted by molar-refractivity contribution is 0.391. The summed E-state index contributed by atoms with van der Waals surface area (Å²) < 4.78 is 10.9. The van der Waals surface area contributed by atoms with Gasteiger partial charge in [-0.05, 0) is 31.0 Å². The summed E-state index contributed by atoms with van der Waals surface area (Å²) >= 11 is 0. The van der Waals surface area contributed by atoms with E-state index in [2.05, 4.69) is 9.97 Å². The van der Waals surface area contributed by atoms with E-state index in [1.54, 1.807) is 26.6 Å². The van der Waals surface area contributed by atoms with Gasteiger partial charge in [-0.3, -0.25) is 0 Å². The SMILES string of the molecule is COc1cc(C(N)c2ncc[nH]2)c(OC)c(C)c1C. The van der Waals surface area contributed by atoms with Crippen LogP contribution in [0.5, 0.6) is 11.5 Å². The first-order chi connectivity index (χ1) is 9.10. The Morgan fingerprint density at radius 2 is 1.95 bits per heavy atom. The minimum atomic E-state index is -0.377. The third-order valence-corrected chi connectivity index (χ3v) is 3.39. The number of methoxy groups -OCH3 is 2. The van der Waals surface area contributed by atoms with Gasteiger partial charge in [-0.2, -0.15) is 0 Å². The molecule has 1 aromatic heterocycles. The molecule has 1 unspecified atom stereocenters. The van der Waals surface area contributed by atoms with Crippen molar-refractivity contribution in [2.75, 3.05) is 14.2 Å². The van der Waals surface area contributed by atoms with Crippen molar-refractivity contribution in [1.29, 1.82) is 0 Å². The van der Waals surface area contributed by atoms with Crippen molar-refractivity contribution in [3.05, 3.63) is 41.0 Å². The normalized spacial score (nSPS) is 12.3. The average Bonchev–Trinajstić information content (AvgIpc) is 2.94. The van der Waals surface area contributed by atoms with Gasteiger partial charge in [0.1, 0.15) is 17.3 Å². The molecule has 0 amide bonds. The van der Waals surface area contributed by atoms with Gasteiger partial charge in [-0.1, -0.05) is 0 Å². The fourth-order valence-corrected chi connectivity index (χ4v) is 2.20. The highest BCUT2D eigenvalue weighted by Gasteiger charge is 2.21. The Hall–Kier alpha value is -2.01. The zero-order chi connectivity index (χ0) is 14.0. The molecule has 1 aromatic carbocycles. The maximum absolute atomic E-state index is 6.25. The molecule has 0 saturated carbocycles. The van der Waals surface area contributed by atoms with Crippen molar-refractivity contribution in [2.24, 2.45) is 5.73 Å². The lowest BCUT2D eigenvalue weighted by Gasteiger charge is -2.19. The first-order valence-electron chi connectivity index (χ1n) is 6.07. The van der Waals surface area contributed by atoms with Crippen LogP contribution in [-0.4, -0.2) is 24.2 Å². The molecule has 19 heavy (non-hydrogen) atoms. The summed E-state index contributed by atoms with van der Waals surface area (Å²) in [6, 6.07) is 1.53. The highest BCUT2D eigenvalue weighted by atomic mass is 16.5. The van der Waals surface area contributed by atoms with E-state index in [-0.39, 0.29) is 6.04 Å². The first kappa shape index (κ1) is 13.4. The molecular weight excluding hydrogens is 242 g/mol. The van der Waals surface area contributed by atoms with Crippen molar-refractivity contribution in [2.45, 2.75) is 19.9 Å². The maximum Gasteiger partial charge on any atom is 0.127 e. The molecule has 0 fully saturated rings. The minimum Gasteiger partial charge on any atom is -0.496 e. The van der Waals surface area contributed by atoms with Gasteiger partial charge in [-0.25, -0.2) is 4.98 Å². The van der Waals surface area contributed by atoms with Gasteiger partial charge in [0.15, 0.2) is 0 Å². The number of hydrogen-bond donors (Lipinski definition) is 2. The molecule has 0 aliphatic carbocycles. The predicted octanol–water partition coefficient (Wildman–Crippen LogP) is 2.09. The molecule has 0 spiro atoms. The van der Waals surface area contributed by atoms with Crippen LogP contribution in [0, 0.1) is 13.8 Å². The summed E-state index contributed by atoms with van der Waals surface area (Å²) in [7, 11) is 3.29. The van der Waals surface area contributed by atoms with Gasteiger partial charge in [0.05, 0.1) is 20.3 Å². The Bertz CT molecular complexity index is 565. The van der Waals surface area contributed by atoms with Crippen molar-refractivity contribution >= 4 is 0 Å². The Kier molecular flexibility index (Phi) is 3.76. The third-order valence-electron chi connectivity index (χ3n) is 3.39. The van der Waals surface area contributed by atoms with Crippen molar-refractivity contribution in [3.8, 4) is 11.5 Å². The van der Waals surface area contributed by atoms with Crippen molar-refractivity contribution < 1.29 is 9.47 Å². The van der Waals surface area contributed by atoms with E-state index in [4.69, 9.17) is 15.2 Å². The Balaban J connectivity index is 2.58. The van der Waals surface area contributed by atoms with Crippen LogP contribution in [0.3, 0.4) is 0 Å². The third kappa shape index (κ3) is 2.29. The van der Waals surface area contributed by atoms with Crippen LogP contribution in [0.4, 0.5) is 0 Å². The second-order valence-corrected chi connectivity index (χ2v) is 4.40. The minimum absolute atomic E-state index is 0.377. The van der Waals surface area contributed by atoms with Crippen LogP contribution in [0.1, 0.15) is 28.6 Å². The number of rotatable bonds is 4. The van der Waals surface area contributed by atoms with Crippen LogP contribution in [-0.2, 0) is 0 Å². The number of aromatic nitrogens is 2. The molecule has 0 radical (unpaired) electrons. The van der Waals surface area contributed by atoms with E-state index >= 15 is 0 Å². The molecule has 5 nitrogen and oxygen atoms in total. The van der Waals surface area contributed by atoms with E-state index in [1.165, 1.54) is 0 Å². The molecule has 2 rings (SSSR count). The molecule has 0 bridgehead atoms. The summed E-state index contributed by atoms with van der Waals surface area (Å²) in [6.07, 6.45) is 3.43. The van der Waals surface area contributed by atoms with E-state index < -0.39 is 0 Å². The smallest absolute Gasteiger partial charge is 0.127 e. The molecule has 1 heterocycles. The highest BCUT2D eigenvalue weighted by Crippen LogP contribution is 2.37. The quantitative estimate of drug-likeness (QED) is 0.884. The van der Waals surface area contributed by atoms with Crippen molar-refractivity contribution in [1.82, 2.24) is 9.97 Å². The van der Waals surface area contributed by atoms with Gasteiger partial charge >= 0.3 is 0 Å². The van der Waals surface area contributed by atoms with Gasteiger partial charge in [-0.15, -0.1) is 0 Å². The number of nitrogens with two attached hydrogens (primary N) is 1. The van der Waals surface area contributed by atoms with E-state index in [9.17, 15) is 0 Å². The van der Waals surface area contributed by atoms with Crippen LogP contribution in [0.25, 0.3) is 0 Å². The number of benzene rings is 1. The summed E-state index contributed by atoms with van der Waals surface area (Å²) in [6.45, 7) is 3.99. The van der Waals surface area contributed by atoms with Gasteiger partial charge < -0.3 is 20.2 Å². The largest absolute Gasteiger partial charge is 0.496 e. The second-order valence-electron chi connectivity index (χ2n) is 4.40. The average molecular weight is 261 g/mol. The van der Waals surface area contributed by atoms with Gasteiger partial charge in [0.2, 0.25) is 0 Å². The van der Waals surface area contributed by atoms with Crippen LogP contribution in [0.2, 0.25) is 0 Å². The number of nitrogens with zero attached hydrogens (tertiary/aromatic N) is 1. The zero-order valence-electron chi connectivity index (χ0n) is 11.7. The highest BCUT2D eigenvalue weighted by molar-refractivity contribution is 5.54. The van der Waals surface area contributed by atoms with E-state index in [0.29, 0.717) is 5.82 Å². The standard InChI is InChI=1S/C14H19N3O2/c1-8-9(2)13(19-4)10(7-11(8)18-3)12(15)14-16-5-6-17-14/h5-7,12H,15H2,1-4H3,(H,16,17). The Morgan fingerprint density at radius 1 is 1.21 bits per heavy atom. The van der Waals surface area contributed by atoms with Crippen LogP contribution in [0.15, 0.2) is 18.5 Å². The maximum atomic E-state index is 6.25. The van der Waals surface area contributed by atoms with E-state index in [0.717, 1.165) is 28.2 Å². The molecule has 0 aliphatic rings. The first-order valence-corrected chi connectivity index (χ1v) is 6.07. The van der Waals surface area contributed by atoms with Crippen molar-refractivity contribution in [3.63, 3.8) is 0 Å². The van der Waals surface area contributed by atoms with Gasteiger partial charge in [0, 0.05) is 18.0 Å². The van der Waals surface area contributed by atoms with Gasteiger partial charge in [0.25, 0.3) is 0 Å². The molecule has 102 valence electrons. The summed E-state index contributed by atoms with van der Waals surface area (Å²) in [5, 5.41) is 0.